The van der Waals surface area contributed by atoms with E-state index in [0.29, 0.717) is 13.1 Å². The van der Waals surface area contributed by atoms with Crippen LogP contribution >= 0.6 is 0 Å². The van der Waals surface area contributed by atoms with Crippen molar-refractivity contribution in [2.75, 3.05) is 39.8 Å². The summed E-state index contributed by atoms with van der Waals surface area (Å²) in [4.78, 5) is 4.02. The minimum atomic E-state index is -2.24. The van der Waals surface area contributed by atoms with Crippen LogP contribution in [0.3, 0.4) is 0 Å². The molecule has 1 aliphatic rings. The molecule has 0 atom stereocenters. The predicted molar refractivity (Wildman–Crippen MR) is 70.6 cm³/mol. The normalized spacial score (nSPS) is 18.3. The number of halogens is 2. The minimum absolute atomic E-state index is 0.117. The molecule has 0 aromatic heterocycles. The van der Waals surface area contributed by atoms with Crippen LogP contribution in [0, 0.1) is 0 Å². The van der Waals surface area contributed by atoms with E-state index in [1.807, 2.05) is 18.1 Å². The molecule has 5 heteroatoms. The first-order valence-corrected chi connectivity index (χ1v) is 6.39. The van der Waals surface area contributed by atoms with Crippen LogP contribution in [0.25, 0.3) is 0 Å². The molecule has 1 heterocycles. The average Bonchev–Trinajstić information content (AvgIpc) is 2.35. The van der Waals surface area contributed by atoms with Gasteiger partial charge >= 0.3 is 0 Å². The van der Waals surface area contributed by atoms with E-state index in [9.17, 15) is 8.78 Å². The molecule has 1 rings (SSSR count). The number of rotatable bonds is 6. The Labute approximate surface area is 108 Å². The molecule has 0 aromatic carbocycles. The van der Waals surface area contributed by atoms with Gasteiger partial charge in [-0.2, -0.15) is 0 Å². The third kappa shape index (κ3) is 4.29. The SMILES string of the molecule is C=C(CC)/C(=C\NC)N1CCN(CC(F)F)CC1. The number of alkyl halides is 2. The molecule has 0 aromatic rings. The van der Waals surface area contributed by atoms with Crippen LogP contribution in [0.5, 0.6) is 0 Å². The number of allylic oxidation sites excluding steroid dienone is 1. The standard InChI is InChI=1S/C13H23F2N3/c1-4-11(2)12(9-16-3)18-7-5-17(6-8-18)10-13(14)15/h9,13,16H,2,4-8,10H2,1,3H3/b12-9+. The van der Waals surface area contributed by atoms with Crippen molar-refractivity contribution in [3.05, 3.63) is 24.0 Å². The lowest BCUT2D eigenvalue weighted by molar-refractivity contribution is 0.0642. The Kier molecular flexibility index (Phi) is 6.12. The first-order valence-electron chi connectivity index (χ1n) is 6.39. The van der Waals surface area contributed by atoms with E-state index in [1.165, 1.54) is 0 Å². The molecular weight excluding hydrogens is 236 g/mol. The van der Waals surface area contributed by atoms with Gasteiger partial charge in [-0.05, 0) is 12.0 Å². The molecule has 0 aliphatic carbocycles. The van der Waals surface area contributed by atoms with Gasteiger partial charge < -0.3 is 10.2 Å². The number of hydrogen-bond donors (Lipinski definition) is 1. The molecule has 1 fully saturated rings. The second-order valence-corrected chi connectivity index (χ2v) is 4.45. The topological polar surface area (TPSA) is 18.5 Å². The van der Waals surface area contributed by atoms with Gasteiger partial charge in [-0.25, -0.2) is 8.78 Å². The Morgan fingerprint density at radius 2 is 1.94 bits per heavy atom. The second-order valence-electron chi connectivity index (χ2n) is 4.45. The van der Waals surface area contributed by atoms with Gasteiger partial charge in [-0.1, -0.05) is 13.5 Å². The van der Waals surface area contributed by atoms with Gasteiger partial charge in [0.2, 0.25) is 0 Å². The maximum atomic E-state index is 12.3. The van der Waals surface area contributed by atoms with Gasteiger partial charge in [0.1, 0.15) is 0 Å². The van der Waals surface area contributed by atoms with Crippen LogP contribution in [0.1, 0.15) is 13.3 Å². The van der Waals surface area contributed by atoms with Gasteiger partial charge in [0.05, 0.1) is 12.2 Å². The molecule has 104 valence electrons. The van der Waals surface area contributed by atoms with Crippen LogP contribution in [0.15, 0.2) is 24.0 Å². The van der Waals surface area contributed by atoms with Crippen LogP contribution < -0.4 is 5.32 Å². The summed E-state index contributed by atoms with van der Waals surface area (Å²) in [6.07, 6.45) is 0.591. The van der Waals surface area contributed by atoms with Crippen LogP contribution in [0.2, 0.25) is 0 Å². The Morgan fingerprint density at radius 1 is 1.33 bits per heavy atom. The summed E-state index contributed by atoms with van der Waals surface area (Å²) in [5.74, 6) is 0. The summed E-state index contributed by atoms with van der Waals surface area (Å²) in [5, 5.41) is 3.03. The Balaban J connectivity index is 2.54. The van der Waals surface area contributed by atoms with Crippen molar-refractivity contribution in [2.45, 2.75) is 19.8 Å². The van der Waals surface area contributed by atoms with E-state index in [0.717, 1.165) is 30.8 Å². The molecule has 0 amide bonds. The third-order valence-electron chi connectivity index (χ3n) is 3.18. The van der Waals surface area contributed by atoms with E-state index < -0.39 is 6.43 Å². The monoisotopic (exact) mass is 259 g/mol. The highest BCUT2D eigenvalue weighted by Gasteiger charge is 2.21. The Bertz CT molecular complexity index is 295. The predicted octanol–water partition coefficient (Wildman–Crippen LogP) is 1.90. The van der Waals surface area contributed by atoms with Crippen LogP contribution in [0.4, 0.5) is 8.78 Å². The lowest BCUT2D eigenvalue weighted by Crippen LogP contribution is -2.47. The zero-order chi connectivity index (χ0) is 13.5. The third-order valence-corrected chi connectivity index (χ3v) is 3.18. The van der Waals surface area contributed by atoms with Crippen molar-refractivity contribution in [1.29, 1.82) is 0 Å². The molecule has 18 heavy (non-hydrogen) atoms. The van der Waals surface area contributed by atoms with E-state index >= 15 is 0 Å². The average molecular weight is 259 g/mol. The first kappa shape index (κ1) is 15.0. The molecule has 1 aliphatic heterocycles. The summed E-state index contributed by atoms with van der Waals surface area (Å²) in [5.41, 5.74) is 2.17. The van der Waals surface area contributed by atoms with Crippen LogP contribution in [-0.2, 0) is 0 Å². The number of hydrogen-bond acceptors (Lipinski definition) is 3. The van der Waals surface area contributed by atoms with Crippen LogP contribution in [-0.4, -0.2) is 56.0 Å². The van der Waals surface area contributed by atoms with E-state index in [4.69, 9.17) is 0 Å². The summed E-state index contributed by atoms with van der Waals surface area (Å²) in [6.45, 7) is 8.92. The highest BCUT2D eigenvalue weighted by molar-refractivity contribution is 5.26. The van der Waals surface area contributed by atoms with Gasteiger partial charge in [-0.15, -0.1) is 0 Å². The van der Waals surface area contributed by atoms with Crippen molar-refractivity contribution < 1.29 is 8.78 Å². The van der Waals surface area contributed by atoms with Gasteiger partial charge in [0.25, 0.3) is 6.43 Å². The Hall–Kier alpha value is -1.10. The maximum absolute atomic E-state index is 12.3. The van der Waals surface area contributed by atoms with Crippen molar-refractivity contribution in [1.82, 2.24) is 15.1 Å². The highest BCUT2D eigenvalue weighted by atomic mass is 19.3. The smallest absolute Gasteiger partial charge is 0.251 e. The molecule has 1 N–H and O–H groups in total. The fraction of sp³-hybridized carbons (Fsp3) is 0.692. The first-order chi connectivity index (χ1) is 8.58. The summed E-state index contributed by atoms with van der Waals surface area (Å²) >= 11 is 0. The molecule has 0 spiro atoms. The van der Waals surface area contributed by atoms with Gasteiger partial charge in [0.15, 0.2) is 0 Å². The molecular formula is C13H23F2N3. The molecule has 0 saturated carbocycles. The lowest BCUT2D eigenvalue weighted by atomic mass is 10.1. The fourth-order valence-corrected chi connectivity index (χ4v) is 2.10. The van der Waals surface area contributed by atoms with Crippen molar-refractivity contribution in [3.63, 3.8) is 0 Å². The number of nitrogens with zero attached hydrogens (tertiary/aromatic N) is 2. The van der Waals surface area contributed by atoms with Crippen molar-refractivity contribution in [3.8, 4) is 0 Å². The quantitative estimate of drug-likeness (QED) is 0.735. The number of nitrogens with one attached hydrogen (secondary N) is 1. The lowest BCUT2D eigenvalue weighted by Gasteiger charge is -2.37. The van der Waals surface area contributed by atoms with E-state index in [1.54, 1.807) is 0 Å². The zero-order valence-electron chi connectivity index (χ0n) is 11.3. The largest absolute Gasteiger partial charge is 0.392 e. The van der Waals surface area contributed by atoms with Gasteiger partial charge in [-0.3, -0.25) is 4.90 Å². The zero-order valence-corrected chi connectivity index (χ0v) is 11.3. The number of piperazine rings is 1. The molecule has 1 saturated heterocycles. The minimum Gasteiger partial charge on any atom is -0.392 e. The molecule has 0 radical (unpaired) electrons. The molecule has 0 unspecified atom stereocenters. The Morgan fingerprint density at radius 3 is 2.39 bits per heavy atom. The van der Waals surface area contributed by atoms with E-state index in [2.05, 4.69) is 23.7 Å². The summed E-state index contributed by atoms with van der Waals surface area (Å²) in [7, 11) is 1.86. The van der Waals surface area contributed by atoms with E-state index in [-0.39, 0.29) is 6.54 Å². The summed E-state index contributed by atoms with van der Waals surface area (Å²) < 4.78 is 24.6. The summed E-state index contributed by atoms with van der Waals surface area (Å²) in [6, 6.07) is 0. The molecule has 0 bridgehead atoms. The highest BCUT2D eigenvalue weighted by Crippen LogP contribution is 2.18. The van der Waals surface area contributed by atoms with Gasteiger partial charge in [0, 0.05) is 39.4 Å². The van der Waals surface area contributed by atoms with Crippen molar-refractivity contribution in [2.24, 2.45) is 0 Å². The maximum Gasteiger partial charge on any atom is 0.251 e. The second kappa shape index (κ2) is 7.36. The van der Waals surface area contributed by atoms with Crippen molar-refractivity contribution >= 4 is 0 Å². The molecule has 3 nitrogen and oxygen atoms in total. The fourth-order valence-electron chi connectivity index (χ4n) is 2.10.